The molecular formula is C18H20N4O3S. The van der Waals surface area contributed by atoms with Crippen molar-refractivity contribution in [3.05, 3.63) is 40.2 Å². The second-order valence-electron chi connectivity index (χ2n) is 5.71. The van der Waals surface area contributed by atoms with Gasteiger partial charge in [0.25, 0.3) is 5.56 Å². The predicted molar refractivity (Wildman–Crippen MR) is 99.5 cm³/mol. The number of hydrogen-bond acceptors (Lipinski definition) is 7. The number of benzene rings is 1. The first kappa shape index (κ1) is 18.5. The molecule has 0 amide bonds. The van der Waals surface area contributed by atoms with E-state index in [1.54, 1.807) is 0 Å². The van der Waals surface area contributed by atoms with Crippen molar-refractivity contribution in [2.75, 3.05) is 45.7 Å². The van der Waals surface area contributed by atoms with E-state index in [2.05, 4.69) is 14.9 Å². The summed E-state index contributed by atoms with van der Waals surface area (Å²) in [5.74, 6) is 0.613. The maximum absolute atomic E-state index is 12.2. The molecule has 2 aromatic rings. The van der Waals surface area contributed by atoms with Gasteiger partial charge >= 0.3 is 0 Å². The number of aromatic amines is 1. The van der Waals surface area contributed by atoms with Crippen LogP contribution >= 0.6 is 11.8 Å². The number of aromatic nitrogens is 2. The molecule has 0 bridgehead atoms. The van der Waals surface area contributed by atoms with E-state index in [1.807, 2.05) is 36.6 Å². The molecule has 0 spiro atoms. The van der Waals surface area contributed by atoms with Crippen LogP contribution in [0.15, 0.2) is 34.2 Å². The number of ether oxygens (including phenoxy) is 2. The number of thioether (sulfide) groups is 1. The van der Waals surface area contributed by atoms with Crippen LogP contribution in [-0.2, 0) is 4.74 Å². The molecule has 26 heavy (non-hydrogen) atoms. The van der Waals surface area contributed by atoms with Gasteiger partial charge in [-0.1, -0.05) is 23.9 Å². The van der Waals surface area contributed by atoms with Gasteiger partial charge < -0.3 is 14.5 Å². The summed E-state index contributed by atoms with van der Waals surface area (Å²) in [6, 6.07) is 9.31. The molecule has 1 aliphatic rings. The Bertz CT molecular complexity index is 856. The topological polar surface area (TPSA) is 91.2 Å². The number of nitrogens with one attached hydrogen (secondary N) is 1. The fourth-order valence-corrected chi connectivity index (χ4v) is 3.12. The minimum atomic E-state index is -0.440. The molecule has 0 atom stereocenters. The third kappa shape index (κ3) is 4.25. The van der Waals surface area contributed by atoms with Gasteiger partial charge in [-0.05, 0) is 18.4 Å². The van der Waals surface area contributed by atoms with Gasteiger partial charge in [0.2, 0.25) is 0 Å². The van der Waals surface area contributed by atoms with Gasteiger partial charge in [-0.15, -0.1) is 0 Å². The molecule has 0 saturated carbocycles. The molecular weight excluding hydrogens is 352 g/mol. The maximum Gasteiger partial charge on any atom is 0.270 e. The zero-order valence-electron chi connectivity index (χ0n) is 14.5. The summed E-state index contributed by atoms with van der Waals surface area (Å²) in [6.07, 6.45) is 1.82. The summed E-state index contributed by atoms with van der Waals surface area (Å²) in [6.45, 7) is 4.60. The van der Waals surface area contributed by atoms with E-state index in [4.69, 9.17) is 9.47 Å². The number of nitriles is 1. The van der Waals surface area contributed by atoms with E-state index in [0.717, 1.165) is 32.8 Å². The molecule has 0 aliphatic carbocycles. The zero-order chi connectivity index (χ0) is 18.4. The standard InChI is InChI=1S/C18H20N4O3S/c1-26-18-20-16(14(12-19)17(23)21-18)13-4-2-3-5-15(13)25-11-8-22-6-9-24-10-7-22/h2-5H,6-11H2,1H3,(H,20,21,23). The molecule has 1 N–H and O–H groups in total. The number of nitrogens with zero attached hydrogens (tertiary/aromatic N) is 3. The number of rotatable bonds is 6. The quantitative estimate of drug-likeness (QED) is 0.610. The van der Waals surface area contributed by atoms with Crippen molar-refractivity contribution in [2.45, 2.75) is 5.16 Å². The Hall–Kier alpha value is -2.34. The Morgan fingerprint density at radius 1 is 1.38 bits per heavy atom. The first-order valence-electron chi connectivity index (χ1n) is 8.33. The third-order valence-electron chi connectivity index (χ3n) is 4.11. The molecule has 3 rings (SSSR count). The van der Waals surface area contributed by atoms with Crippen LogP contribution in [-0.4, -0.2) is 60.6 Å². The molecule has 0 radical (unpaired) electrons. The molecule has 1 aliphatic heterocycles. The molecule has 8 heteroatoms. The first-order chi connectivity index (χ1) is 12.7. The van der Waals surface area contributed by atoms with Crippen molar-refractivity contribution in [2.24, 2.45) is 0 Å². The van der Waals surface area contributed by atoms with Crippen LogP contribution in [0.4, 0.5) is 0 Å². The third-order valence-corrected chi connectivity index (χ3v) is 4.69. The lowest BCUT2D eigenvalue weighted by Gasteiger charge is -2.26. The molecule has 1 aromatic carbocycles. The smallest absolute Gasteiger partial charge is 0.270 e. The lowest BCUT2D eigenvalue weighted by Crippen LogP contribution is -2.38. The van der Waals surface area contributed by atoms with Crippen LogP contribution in [0.2, 0.25) is 0 Å². The van der Waals surface area contributed by atoms with Gasteiger partial charge in [0, 0.05) is 25.2 Å². The van der Waals surface area contributed by atoms with Crippen molar-refractivity contribution in [1.29, 1.82) is 5.26 Å². The van der Waals surface area contributed by atoms with Crippen molar-refractivity contribution >= 4 is 11.8 Å². The van der Waals surface area contributed by atoms with E-state index in [-0.39, 0.29) is 5.56 Å². The summed E-state index contributed by atoms with van der Waals surface area (Å²) in [5, 5.41) is 9.85. The highest BCUT2D eigenvalue weighted by molar-refractivity contribution is 7.98. The largest absolute Gasteiger partial charge is 0.492 e. The molecule has 7 nitrogen and oxygen atoms in total. The van der Waals surface area contributed by atoms with Crippen LogP contribution in [0.25, 0.3) is 11.3 Å². The van der Waals surface area contributed by atoms with Crippen molar-refractivity contribution in [1.82, 2.24) is 14.9 Å². The second-order valence-corrected chi connectivity index (χ2v) is 6.50. The number of morpholine rings is 1. The average molecular weight is 372 g/mol. The van der Waals surface area contributed by atoms with Gasteiger partial charge in [-0.3, -0.25) is 9.69 Å². The van der Waals surface area contributed by atoms with Crippen LogP contribution in [0, 0.1) is 11.3 Å². The van der Waals surface area contributed by atoms with E-state index in [0.29, 0.717) is 28.8 Å². The molecule has 136 valence electrons. The number of para-hydroxylation sites is 1. The van der Waals surface area contributed by atoms with Gasteiger partial charge in [0.15, 0.2) is 5.16 Å². The van der Waals surface area contributed by atoms with Crippen LogP contribution in [0.3, 0.4) is 0 Å². The lowest BCUT2D eigenvalue weighted by atomic mass is 10.1. The highest BCUT2D eigenvalue weighted by Gasteiger charge is 2.17. The summed E-state index contributed by atoms with van der Waals surface area (Å²) in [4.78, 5) is 21.5. The van der Waals surface area contributed by atoms with Crippen LogP contribution in [0.1, 0.15) is 5.56 Å². The van der Waals surface area contributed by atoms with Crippen LogP contribution < -0.4 is 10.3 Å². The van der Waals surface area contributed by atoms with Crippen LogP contribution in [0.5, 0.6) is 5.75 Å². The van der Waals surface area contributed by atoms with E-state index in [1.165, 1.54) is 11.8 Å². The van der Waals surface area contributed by atoms with Crippen molar-refractivity contribution < 1.29 is 9.47 Å². The fourth-order valence-electron chi connectivity index (χ4n) is 2.75. The van der Waals surface area contributed by atoms with Crippen molar-refractivity contribution in [3.63, 3.8) is 0 Å². The van der Waals surface area contributed by atoms with E-state index >= 15 is 0 Å². The van der Waals surface area contributed by atoms with E-state index in [9.17, 15) is 10.1 Å². The Balaban J connectivity index is 1.84. The normalized spacial score (nSPS) is 14.8. The zero-order valence-corrected chi connectivity index (χ0v) is 15.3. The van der Waals surface area contributed by atoms with E-state index < -0.39 is 5.56 Å². The Labute approximate surface area is 156 Å². The monoisotopic (exact) mass is 372 g/mol. The van der Waals surface area contributed by atoms with Crippen molar-refractivity contribution in [3.8, 4) is 23.1 Å². The Morgan fingerprint density at radius 3 is 2.88 bits per heavy atom. The summed E-state index contributed by atoms with van der Waals surface area (Å²) < 4.78 is 11.3. The predicted octanol–water partition coefficient (Wildman–Crippen LogP) is 1.74. The minimum Gasteiger partial charge on any atom is -0.492 e. The molecule has 2 heterocycles. The van der Waals surface area contributed by atoms with Gasteiger partial charge in [0.1, 0.15) is 29.7 Å². The first-order valence-corrected chi connectivity index (χ1v) is 9.56. The number of hydrogen-bond donors (Lipinski definition) is 1. The summed E-state index contributed by atoms with van der Waals surface area (Å²) in [7, 11) is 0. The summed E-state index contributed by atoms with van der Waals surface area (Å²) >= 11 is 1.32. The maximum atomic E-state index is 12.2. The van der Waals surface area contributed by atoms with Gasteiger partial charge in [-0.2, -0.15) is 5.26 Å². The molecule has 1 aromatic heterocycles. The van der Waals surface area contributed by atoms with Gasteiger partial charge in [-0.25, -0.2) is 4.98 Å². The highest BCUT2D eigenvalue weighted by Crippen LogP contribution is 2.30. The molecule has 0 unspecified atom stereocenters. The number of H-pyrrole nitrogens is 1. The SMILES string of the molecule is CSc1nc(-c2ccccc2OCCN2CCOCC2)c(C#N)c(=O)[nH]1. The fraction of sp³-hybridized carbons (Fsp3) is 0.389. The Morgan fingerprint density at radius 2 is 2.15 bits per heavy atom. The Kier molecular flexibility index (Phi) is 6.28. The minimum absolute atomic E-state index is 0.00738. The summed E-state index contributed by atoms with van der Waals surface area (Å²) in [5.41, 5.74) is 0.548. The van der Waals surface area contributed by atoms with Gasteiger partial charge in [0.05, 0.1) is 13.2 Å². The molecule has 1 fully saturated rings. The second kappa shape index (κ2) is 8.85. The lowest BCUT2D eigenvalue weighted by molar-refractivity contribution is 0.0323. The average Bonchev–Trinajstić information content (AvgIpc) is 2.68. The highest BCUT2D eigenvalue weighted by atomic mass is 32.2. The molecule has 1 saturated heterocycles.